The highest BCUT2D eigenvalue weighted by atomic mass is 16.4. The minimum atomic E-state index is -0.920. The van der Waals surface area contributed by atoms with Crippen LogP contribution in [0, 0.1) is 5.41 Å². The van der Waals surface area contributed by atoms with Crippen molar-refractivity contribution in [3.05, 3.63) is 35.4 Å². The number of rotatable bonds is 3. The molecule has 0 aromatic heterocycles. The van der Waals surface area contributed by atoms with Crippen LogP contribution in [0.1, 0.15) is 15.9 Å². The van der Waals surface area contributed by atoms with Crippen LogP contribution in [0.25, 0.3) is 0 Å². The van der Waals surface area contributed by atoms with Crippen LogP contribution in [-0.2, 0) is 6.42 Å². The average molecular weight is 163 g/mol. The lowest BCUT2D eigenvalue weighted by Gasteiger charge is -1.96. The lowest BCUT2D eigenvalue weighted by Crippen LogP contribution is -1.96. The van der Waals surface area contributed by atoms with Gasteiger partial charge in [0, 0.05) is 6.42 Å². The summed E-state index contributed by atoms with van der Waals surface area (Å²) in [6.07, 6.45) is 1.84. The third-order valence-corrected chi connectivity index (χ3v) is 1.54. The maximum absolute atomic E-state index is 10.4. The van der Waals surface area contributed by atoms with Crippen molar-refractivity contribution in [2.45, 2.75) is 6.42 Å². The minimum absolute atomic E-state index is 0.281. The van der Waals surface area contributed by atoms with Gasteiger partial charge in [-0.05, 0) is 23.9 Å². The predicted molar refractivity (Wildman–Crippen MR) is 45.9 cm³/mol. The first-order chi connectivity index (χ1) is 5.74. The molecule has 0 saturated carbocycles. The largest absolute Gasteiger partial charge is 0.478 e. The van der Waals surface area contributed by atoms with E-state index in [9.17, 15) is 4.79 Å². The van der Waals surface area contributed by atoms with Gasteiger partial charge < -0.3 is 10.5 Å². The minimum Gasteiger partial charge on any atom is -0.478 e. The van der Waals surface area contributed by atoms with Gasteiger partial charge in [-0.3, -0.25) is 0 Å². The molecule has 0 heterocycles. The van der Waals surface area contributed by atoms with E-state index in [4.69, 9.17) is 10.5 Å². The van der Waals surface area contributed by atoms with Crippen LogP contribution in [0.2, 0.25) is 0 Å². The van der Waals surface area contributed by atoms with Crippen LogP contribution in [-0.4, -0.2) is 17.3 Å². The number of hydrogen-bond acceptors (Lipinski definition) is 2. The third-order valence-electron chi connectivity index (χ3n) is 1.54. The lowest BCUT2D eigenvalue weighted by molar-refractivity contribution is 0.0697. The molecular weight excluding hydrogens is 154 g/mol. The van der Waals surface area contributed by atoms with E-state index in [1.54, 1.807) is 24.3 Å². The summed E-state index contributed by atoms with van der Waals surface area (Å²) in [7, 11) is 0. The maximum atomic E-state index is 10.4. The van der Waals surface area contributed by atoms with Crippen LogP contribution in [0.3, 0.4) is 0 Å². The fourth-order valence-electron chi connectivity index (χ4n) is 0.901. The van der Waals surface area contributed by atoms with E-state index < -0.39 is 5.97 Å². The first-order valence-corrected chi connectivity index (χ1v) is 3.55. The second-order valence-electron chi connectivity index (χ2n) is 2.41. The molecule has 0 spiro atoms. The summed E-state index contributed by atoms with van der Waals surface area (Å²) < 4.78 is 0. The van der Waals surface area contributed by atoms with Gasteiger partial charge in [-0.25, -0.2) is 4.79 Å². The molecule has 0 saturated heterocycles. The molecule has 0 unspecified atom stereocenters. The molecule has 1 aromatic rings. The van der Waals surface area contributed by atoms with Gasteiger partial charge in [0.1, 0.15) is 0 Å². The van der Waals surface area contributed by atoms with Crippen LogP contribution < -0.4 is 0 Å². The fourth-order valence-corrected chi connectivity index (χ4v) is 0.901. The van der Waals surface area contributed by atoms with Crippen molar-refractivity contribution in [3.8, 4) is 0 Å². The molecule has 1 rings (SSSR count). The summed E-state index contributed by atoms with van der Waals surface area (Å²) in [5.74, 6) is -0.920. The Labute approximate surface area is 70.2 Å². The van der Waals surface area contributed by atoms with E-state index in [2.05, 4.69) is 0 Å². The van der Waals surface area contributed by atoms with Gasteiger partial charge >= 0.3 is 5.97 Å². The Morgan fingerprint density at radius 3 is 2.42 bits per heavy atom. The zero-order valence-corrected chi connectivity index (χ0v) is 6.45. The smallest absolute Gasteiger partial charge is 0.335 e. The zero-order valence-electron chi connectivity index (χ0n) is 6.45. The highest BCUT2D eigenvalue weighted by Gasteiger charge is 2.00. The second kappa shape index (κ2) is 3.67. The molecule has 0 aliphatic rings. The molecule has 0 atom stereocenters. The molecule has 0 amide bonds. The molecule has 1 aromatic carbocycles. The number of carboxylic acids is 1. The molecule has 2 N–H and O–H groups in total. The van der Waals surface area contributed by atoms with Crippen molar-refractivity contribution in [1.29, 1.82) is 5.41 Å². The molecule has 0 fully saturated rings. The van der Waals surface area contributed by atoms with Gasteiger partial charge in [0.2, 0.25) is 0 Å². The monoisotopic (exact) mass is 163 g/mol. The molecule has 0 bridgehead atoms. The Bertz CT molecular complexity index is 290. The van der Waals surface area contributed by atoms with Gasteiger partial charge in [-0.2, -0.15) is 0 Å². The number of benzene rings is 1. The first kappa shape index (κ1) is 8.46. The lowest BCUT2D eigenvalue weighted by atomic mass is 10.1. The van der Waals surface area contributed by atoms with E-state index in [0.717, 1.165) is 5.56 Å². The summed E-state index contributed by atoms with van der Waals surface area (Å²) in [6.45, 7) is 0. The normalized spacial score (nSPS) is 9.33. The number of carboxylic acid groups (broad SMARTS) is 1. The van der Waals surface area contributed by atoms with Crippen molar-refractivity contribution in [2.24, 2.45) is 0 Å². The van der Waals surface area contributed by atoms with Crippen LogP contribution in [0.5, 0.6) is 0 Å². The summed E-state index contributed by atoms with van der Waals surface area (Å²) in [6, 6.07) is 6.52. The topological polar surface area (TPSA) is 61.2 Å². The molecule has 62 valence electrons. The first-order valence-electron chi connectivity index (χ1n) is 3.55. The van der Waals surface area contributed by atoms with Crippen molar-refractivity contribution >= 4 is 12.2 Å². The fraction of sp³-hybridized carbons (Fsp3) is 0.111. The zero-order chi connectivity index (χ0) is 8.97. The Morgan fingerprint density at radius 2 is 2.00 bits per heavy atom. The van der Waals surface area contributed by atoms with Crippen molar-refractivity contribution < 1.29 is 9.90 Å². The Balaban J connectivity index is 2.85. The second-order valence-corrected chi connectivity index (χ2v) is 2.41. The van der Waals surface area contributed by atoms with E-state index in [1.807, 2.05) is 0 Å². The summed E-state index contributed by atoms with van der Waals surface area (Å²) in [4.78, 5) is 10.4. The van der Waals surface area contributed by atoms with Gasteiger partial charge in [0.05, 0.1) is 5.56 Å². The number of hydrogen-bond donors (Lipinski definition) is 2. The maximum Gasteiger partial charge on any atom is 0.335 e. The van der Waals surface area contributed by atoms with Crippen molar-refractivity contribution in [2.75, 3.05) is 0 Å². The molecule has 0 aliphatic heterocycles. The summed E-state index contributed by atoms with van der Waals surface area (Å²) in [5, 5.41) is 15.4. The van der Waals surface area contributed by atoms with Crippen molar-refractivity contribution in [3.63, 3.8) is 0 Å². The van der Waals surface area contributed by atoms with E-state index in [0.29, 0.717) is 6.42 Å². The molecule has 3 nitrogen and oxygen atoms in total. The van der Waals surface area contributed by atoms with E-state index >= 15 is 0 Å². The van der Waals surface area contributed by atoms with Gasteiger partial charge in [0.25, 0.3) is 0 Å². The van der Waals surface area contributed by atoms with E-state index in [1.165, 1.54) is 6.21 Å². The molecule has 0 aliphatic carbocycles. The summed E-state index contributed by atoms with van der Waals surface area (Å²) in [5.41, 5.74) is 1.23. The predicted octanol–water partition coefficient (Wildman–Crippen LogP) is 1.58. The standard InChI is InChI=1S/C9H9NO2/c10-6-5-7-1-3-8(4-2-7)9(11)12/h1-4,6,10H,5H2,(H,11,12). The third kappa shape index (κ3) is 1.92. The quantitative estimate of drug-likeness (QED) is 0.664. The molecular formula is C9H9NO2. The average Bonchev–Trinajstić information content (AvgIpc) is 2.06. The highest BCUT2D eigenvalue weighted by molar-refractivity contribution is 5.87. The molecule has 12 heavy (non-hydrogen) atoms. The van der Waals surface area contributed by atoms with Crippen LogP contribution in [0.4, 0.5) is 0 Å². The van der Waals surface area contributed by atoms with Crippen molar-refractivity contribution in [1.82, 2.24) is 0 Å². The molecule has 0 radical (unpaired) electrons. The Morgan fingerprint density at radius 1 is 1.42 bits per heavy atom. The Kier molecular flexibility index (Phi) is 2.58. The number of nitrogens with one attached hydrogen (secondary N) is 1. The number of carbonyl (C=O) groups is 1. The number of aromatic carboxylic acids is 1. The van der Waals surface area contributed by atoms with Crippen LogP contribution in [0.15, 0.2) is 24.3 Å². The van der Waals surface area contributed by atoms with Gasteiger partial charge in [-0.15, -0.1) is 0 Å². The van der Waals surface area contributed by atoms with E-state index in [-0.39, 0.29) is 5.56 Å². The van der Waals surface area contributed by atoms with Gasteiger partial charge in [-0.1, -0.05) is 12.1 Å². The highest BCUT2D eigenvalue weighted by Crippen LogP contribution is 2.03. The summed E-state index contributed by atoms with van der Waals surface area (Å²) >= 11 is 0. The Hall–Kier alpha value is -1.64. The molecule has 3 heteroatoms. The van der Waals surface area contributed by atoms with Gasteiger partial charge in [0.15, 0.2) is 0 Å². The van der Waals surface area contributed by atoms with Crippen LogP contribution >= 0.6 is 0 Å². The SMILES string of the molecule is N=CCc1ccc(C(=O)O)cc1.